The Hall–Kier alpha value is -3.72. The highest BCUT2D eigenvalue weighted by molar-refractivity contribution is 5.95. The van der Waals surface area contributed by atoms with E-state index < -0.39 is 0 Å². The van der Waals surface area contributed by atoms with Gasteiger partial charge in [-0.05, 0) is 55.0 Å². The predicted octanol–water partition coefficient (Wildman–Crippen LogP) is 4.15. The van der Waals surface area contributed by atoms with Crippen LogP contribution < -0.4 is 26.2 Å². The van der Waals surface area contributed by atoms with Crippen molar-refractivity contribution >= 4 is 29.4 Å². The molecule has 1 aliphatic heterocycles. The summed E-state index contributed by atoms with van der Waals surface area (Å²) < 4.78 is 0. The minimum atomic E-state index is -0.110. The fourth-order valence-electron chi connectivity index (χ4n) is 4.48. The number of rotatable bonds is 10. The molecule has 2 heterocycles. The fourth-order valence-corrected chi connectivity index (χ4v) is 4.48. The number of amides is 1. The predicted molar refractivity (Wildman–Crippen MR) is 154 cm³/mol. The smallest absolute Gasteiger partial charge is 0.251 e. The first kappa shape index (κ1) is 27.3. The van der Waals surface area contributed by atoms with Crippen molar-refractivity contribution in [2.75, 3.05) is 48.8 Å². The number of carbonyl (C=O) groups is 1. The van der Waals surface area contributed by atoms with Gasteiger partial charge in [0.15, 0.2) is 0 Å². The second kappa shape index (κ2) is 12.2. The number of aromatic nitrogens is 3. The molecule has 0 unspecified atom stereocenters. The molecule has 0 spiro atoms. The van der Waals surface area contributed by atoms with Crippen LogP contribution in [0.3, 0.4) is 0 Å². The maximum absolute atomic E-state index is 12.9. The zero-order valence-corrected chi connectivity index (χ0v) is 23.1. The van der Waals surface area contributed by atoms with Gasteiger partial charge in [-0.2, -0.15) is 15.0 Å². The average Bonchev–Trinajstić information content (AvgIpc) is 3.38. The van der Waals surface area contributed by atoms with Gasteiger partial charge < -0.3 is 26.2 Å². The lowest BCUT2D eigenvalue weighted by Crippen LogP contribution is -2.31. The summed E-state index contributed by atoms with van der Waals surface area (Å²) in [5, 5.41) is 13.2. The maximum Gasteiger partial charge on any atom is 0.251 e. The van der Waals surface area contributed by atoms with Crippen LogP contribution in [-0.2, 0) is 6.42 Å². The van der Waals surface area contributed by atoms with Gasteiger partial charge in [0.25, 0.3) is 5.91 Å². The van der Waals surface area contributed by atoms with E-state index in [1.165, 1.54) is 5.56 Å². The third kappa shape index (κ3) is 7.89. The third-order valence-corrected chi connectivity index (χ3v) is 6.36. The highest BCUT2D eigenvalue weighted by Gasteiger charge is 2.20. The Morgan fingerprint density at radius 1 is 1.08 bits per heavy atom. The van der Waals surface area contributed by atoms with Crippen LogP contribution in [0.5, 0.6) is 0 Å². The van der Waals surface area contributed by atoms with Gasteiger partial charge in [0.2, 0.25) is 17.8 Å². The number of benzene rings is 2. The highest BCUT2D eigenvalue weighted by atomic mass is 16.1. The number of nitrogens with zero attached hydrogens (tertiary/aromatic N) is 4. The maximum atomic E-state index is 12.9. The Bertz CT molecular complexity index is 1220. The number of anilines is 4. The summed E-state index contributed by atoms with van der Waals surface area (Å²) in [6.45, 7) is 11.8. The molecule has 4 N–H and O–H groups in total. The van der Waals surface area contributed by atoms with Crippen LogP contribution in [0.1, 0.15) is 48.7 Å². The van der Waals surface area contributed by atoms with Crippen LogP contribution in [0.2, 0.25) is 0 Å². The SMILES string of the molecule is Cc1ccc(C(=O)NCCc2ccccc2)cc1Nc1nc(N[C@@H]2CCNC2)nc(N(C)CC(C)(C)C)n1. The molecule has 0 bridgehead atoms. The van der Waals surface area contributed by atoms with E-state index in [-0.39, 0.29) is 17.4 Å². The van der Waals surface area contributed by atoms with E-state index in [9.17, 15) is 4.79 Å². The molecule has 4 rings (SSSR count). The molecule has 9 heteroatoms. The van der Waals surface area contributed by atoms with E-state index in [2.05, 4.69) is 64.1 Å². The molecule has 1 aliphatic rings. The number of hydrogen-bond donors (Lipinski definition) is 4. The van der Waals surface area contributed by atoms with E-state index in [1.807, 2.05) is 50.4 Å². The lowest BCUT2D eigenvalue weighted by molar-refractivity contribution is 0.0954. The van der Waals surface area contributed by atoms with Crippen molar-refractivity contribution in [3.8, 4) is 0 Å². The molecule has 0 radical (unpaired) electrons. The number of aryl methyl sites for hydroxylation is 1. The standard InChI is InChI=1S/C29H40N8O/c1-20-11-12-22(25(38)31-16-13-21-9-7-6-8-10-21)17-24(20)33-27-34-26(32-23-14-15-30-18-23)35-28(36-27)37(5)19-29(2,3)4/h6-12,17,23,30H,13-16,18-19H2,1-5H3,(H,31,38)(H2,32,33,34,35,36)/t23-/m1/s1. The Balaban J connectivity index is 1.51. The van der Waals surface area contributed by atoms with Crippen molar-refractivity contribution in [2.24, 2.45) is 5.41 Å². The van der Waals surface area contributed by atoms with Gasteiger partial charge >= 0.3 is 0 Å². The summed E-state index contributed by atoms with van der Waals surface area (Å²) in [5.74, 6) is 1.47. The molecule has 0 aliphatic carbocycles. The van der Waals surface area contributed by atoms with Crippen molar-refractivity contribution in [1.29, 1.82) is 0 Å². The van der Waals surface area contributed by atoms with Crippen molar-refractivity contribution in [2.45, 2.75) is 46.6 Å². The van der Waals surface area contributed by atoms with Gasteiger partial charge in [-0.25, -0.2) is 0 Å². The van der Waals surface area contributed by atoms with Crippen molar-refractivity contribution in [3.05, 3.63) is 65.2 Å². The second-order valence-corrected chi connectivity index (χ2v) is 11.2. The molecule has 0 saturated carbocycles. The van der Waals surface area contributed by atoms with Gasteiger partial charge in [0.05, 0.1) is 0 Å². The van der Waals surface area contributed by atoms with Crippen molar-refractivity contribution in [1.82, 2.24) is 25.6 Å². The number of nitrogens with one attached hydrogen (secondary N) is 4. The van der Waals surface area contributed by atoms with Gasteiger partial charge in [0.1, 0.15) is 0 Å². The first-order chi connectivity index (χ1) is 18.2. The molecule has 3 aromatic rings. The van der Waals surface area contributed by atoms with Gasteiger partial charge in [-0.15, -0.1) is 0 Å². The van der Waals surface area contributed by atoms with Crippen LogP contribution in [0.15, 0.2) is 48.5 Å². The lowest BCUT2D eigenvalue weighted by atomic mass is 9.96. The molecule has 2 aromatic carbocycles. The van der Waals surface area contributed by atoms with Crippen LogP contribution in [0.25, 0.3) is 0 Å². The first-order valence-electron chi connectivity index (χ1n) is 13.3. The molecule has 202 valence electrons. The Morgan fingerprint density at radius 2 is 1.84 bits per heavy atom. The largest absolute Gasteiger partial charge is 0.352 e. The Morgan fingerprint density at radius 3 is 2.55 bits per heavy atom. The summed E-state index contributed by atoms with van der Waals surface area (Å²) in [6.07, 6.45) is 1.80. The molecule has 1 amide bonds. The average molecular weight is 517 g/mol. The minimum Gasteiger partial charge on any atom is -0.352 e. The summed E-state index contributed by atoms with van der Waals surface area (Å²) in [5.41, 5.74) is 3.63. The van der Waals surface area contributed by atoms with E-state index >= 15 is 0 Å². The minimum absolute atomic E-state index is 0.0801. The topological polar surface area (TPSA) is 107 Å². The van der Waals surface area contributed by atoms with Crippen molar-refractivity contribution in [3.63, 3.8) is 0 Å². The number of carbonyl (C=O) groups excluding carboxylic acids is 1. The second-order valence-electron chi connectivity index (χ2n) is 11.2. The third-order valence-electron chi connectivity index (χ3n) is 6.36. The summed E-state index contributed by atoms with van der Waals surface area (Å²) in [4.78, 5) is 29.0. The van der Waals surface area contributed by atoms with Gasteiger partial charge in [-0.3, -0.25) is 4.79 Å². The number of hydrogen-bond acceptors (Lipinski definition) is 8. The van der Waals surface area contributed by atoms with E-state index in [4.69, 9.17) is 9.97 Å². The molecule has 1 saturated heterocycles. The molecule has 38 heavy (non-hydrogen) atoms. The summed E-state index contributed by atoms with van der Waals surface area (Å²) in [7, 11) is 2.00. The molecule has 1 aromatic heterocycles. The first-order valence-corrected chi connectivity index (χ1v) is 13.3. The normalized spacial score (nSPS) is 15.2. The Labute approximate surface area is 225 Å². The fraction of sp³-hybridized carbons (Fsp3) is 0.448. The lowest BCUT2D eigenvalue weighted by Gasteiger charge is -2.27. The summed E-state index contributed by atoms with van der Waals surface area (Å²) >= 11 is 0. The molecule has 1 atom stereocenters. The van der Waals surface area contributed by atoms with Crippen LogP contribution >= 0.6 is 0 Å². The van der Waals surface area contributed by atoms with E-state index in [1.54, 1.807) is 0 Å². The molecule has 9 nitrogen and oxygen atoms in total. The zero-order chi connectivity index (χ0) is 27.1. The van der Waals surface area contributed by atoms with Gasteiger partial charge in [0, 0.05) is 44.0 Å². The zero-order valence-electron chi connectivity index (χ0n) is 23.1. The van der Waals surface area contributed by atoms with E-state index in [0.717, 1.165) is 43.7 Å². The van der Waals surface area contributed by atoms with Crippen LogP contribution in [0, 0.1) is 12.3 Å². The van der Waals surface area contributed by atoms with Crippen LogP contribution in [0.4, 0.5) is 23.5 Å². The van der Waals surface area contributed by atoms with Crippen LogP contribution in [-0.4, -0.2) is 60.1 Å². The summed E-state index contributed by atoms with van der Waals surface area (Å²) in [6, 6.07) is 16.0. The molecule has 1 fully saturated rings. The molecular weight excluding hydrogens is 476 g/mol. The van der Waals surface area contributed by atoms with E-state index in [0.29, 0.717) is 30.0 Å². The highest BCUT2D eigenvalue weighted by Crippen LogP contribution is 2.24. The van der Waals surface area contributed by atoms with Crippen molar-refractivity contribution < 1.29 is 4.79 Å². The monoisotopic (exact) mass is 516 g/mol. The quantitative estimate of drug-likeness (QED) is 0.318. The Kier molecular flexibility index (Phi) is 8.78. The van der Waals surface area contributed by atoms with Gasteiger partial charge in [-0.1, -0.05) is 57.2 Å². The molecular formula is C29H40N8O.